The molecule has 0 aromatic carbocycles. The molecule has 1 saturated heterocycles. The molecule has 1 aromatic rings. The molecule has 1 aromatic heterocycles. The molecule has 0 bridgehead atoms. The molecule has 1 atom stereocenters. The maximum absolute atomic E-state index is 8.96. The SMILES string of the molecule is Cc1nc(N2CCCC2)oc1C(N)CO. The van der Waals surface area contributed by atoms with Gasteiger partial charge in [-0.2, -0.15) is 4.98 Å². The van der Waals surface area contributed by atoms with Gasteiger partial charge in [-0.25, -0.2) is 0 Å². The first-order valence-electron chi connectivity index (χ1n) is 5.31. The Morgan fingerprint density at radius 3 is 2.80 bits per heavy atom. The molecule has 2 rings (SSSR count). The number of hydrogen-bond donors (Lipinski definition) is 2. The van der Waals surface area contributed by atoms with E-state index >= 15 is 0 Å². The van der Waals surface area contributed by atoms with Crippen molar-refractivity contribution in [3.05, 3.63) is 11.5 Å². The van der Waals surface area contributed by atoms with E-state index in [1.807, 2.05) is 6.92 Å². The summed E-state index contributed by atoms with van der Waals surface area (Å²) in [6.07, 6.45) is 2.37. The molecular weight excluding hydrogens is 194 g/mol. The van der Waals surface area contributed by atoms with Gasteiger partial charge in [0.25, 0.3) is 6.01 Å². The van der Waals surface area contributed by atoms with Crippen LogP contribution in [-0.4, -0.2) is 29.8 Å². The first-order valence-corrected chi connectivity index (χ1v) is 5.31. The second-order valence-electron chi connectivity index (χ2n) is 3.93. The van der Waals surface area contributed by atoms with Crippen molar-refractivity contribution >= 4 is 6.01 Å². The fourth-order valence-corrected chi connectivity index (χ4v) is 1.86. The molecule has 0 aliphatic carbocycles. The molecule has 5 nitrogen and oxygen atoms in total. The fraction of sp³-hybridized carbons (Fsp3) is 0.700. The Bertz CT molecular complexity index is 331. The van der Waals surface area contributed by atoms with Crippen molar-refractivity contribution in [2.24, 2.45) is 5.73 Å². The number of hydrogen-bond acceptors (Lipinski definition) is 5. The highest BCUT2D eigenvalue weighted by Crippen LogP contribution is 2.25. The van der Waals surface area contributed by atoms with Crippen LogP contribution in [0, 0.1) is 6.92 Å². The van der Waals surface area contributed by atoms with Gasteiger partial charge in [0.2, 0.25) is 0 Å². The number of aromatic nitrogens is 1. The van der Waals surface area contributed by atoms with Gasteiger partial charge in [0, 0.05) is 13.1 Å². The normalized spacial score (nSPS) is 18.5. The summed E-state index contributed by atoms with van der Waals surface area (Å²) in [4.78, 5) is 6.44. The van der Waals surface area contributed by atoms with Crippen molar-refractivity contribution < 1.29 is 9.52 Å². The van der Waals surface area contributed by atoms with Gasteiger partial charge in [-0.15, -0.1) is 0 Å². The molecule has 0 saturated carbocycles. The number of rotatable bonds is 3. The van der Waals surface area contributed by atoms with E-state index in [1.165, 1.54) is 12.8 Å². The van der Waals surface area contributed by atoms with Gasteiger partial charge in [-0.1, -0.05) is 0 Å². The highest BCUT2D eigenvalue weighted by Gasteiger charge is 2.21. The van der Waals surface area contributed by atoms with E-state index < -0.39 is 6.04 Å². The maximum Gasteiger partial charge on any atom is 0.297 e. The van der Waals surface area contributed by atoms with Crippen molar-refractivity contribution in [3.8, 4) is 0 Å². The van der Waals surface area contributed by atoms with Gasteiger partial charge in [0.15, 0.2) is 0 Å². The summed E-state index contributed by atoms with van der Waals surface area (Å²) in [6, 6.07) is 0.178. The molecule has 84 valence electrons. The molecule has 15 heavy (non-hydrogen) atoms. The predicted molar refractivity (Wildman–Crippen MR) is 56.7 cm³/mol. The van der Waals surface area contributed by atoms with Crippen LogP contribution in [0.15, 0.2) is 4.42 Å². The van der Waals surface area contributed by atoms with E-state index in [9.17, 15) is 0 Å². The standard InChI is InChI=1S/C10H17N3O2/c1-7-9(8(11)6-14)15-10(12-7)13-4-2-3-5-13/h8,14H,2-6,11H2,1H3. The molecular formula is C10H17N3O2. The Hall–Kier alpha value is -1.07. The van der Waals surface area contributed by atoms with E-state index in [4.69, 9.17) is 15.3 Å². The lowest BCUT2D eigenvalue weighted by Gasteiger charge is -2.11. The Morgan fingerprint density at radius 1 is 1.53 bits per heavy atom. The summed E-state index contributed by atoms with van der Waals surface area (Å²) < 4.78 is 5.58. The van der Waals surface area contributed by atoms with Crippen LogP contribution in [0.4, 0.5) is 6.01 Å². The summed E-state index contributed by atoms with van der Waals surface area (Å²) >= 11 is 0. The number of oxazole rings is 1. The summed E-state index contributed by atoms with van der Waals surface area (Å²) in [5, 5.41) is 8.96. The number of nitrogens with two attached hydrogens (primary N) is 1. The number of aryl methyl sites for hydroxylation is 1. The van der Waals surface area contributed by atoms with Crippen LogP contribution in [0.1, 0.15) is 30.3 Å². The van der Waals surface area contributed by atoms with E-state index in [2.05, 4.69) is 9.88 Å². The molecule has 0 spiro atoms. The lowest BCUT2D eigenvalue weighted by Crippen LogP contribution is -2.18. The zero-order chi connectivity index (χ0) is 10.8. The number of nitrogens with zero attached hydrogens (tertiary/aromatic N) is 2. The quantitative estimate of drug-likeness (QED) is 0.764. The average Bonchev–Trinajstić information content (AvgIpc) is 2.84. The van der Waals surface area contributed by atoms with Crippen LogP contribution in [0.3, 0.4) is 0 Å². The largest absolute Gasteiger partial charge is 0.427 e. The molecule has 2 heterocycles. The summed E-state index contributed by atoms with van der Waals surface area (Å²) in [7, 11) is 0. The van der Waals surface area contributed by atoms with E-state index in [1.54, 1.807) is 0 Å². The second kappa shape index (κ2) is 4.20. The number of anilines is 1. The highest BCUT2D eigenvalue weighted by molar-refractivity contribution is 5.31. The highest BCUT2D eigenvalue weighted by atomic mass is 16.4. The van der Waals surface area contributed by atoms with E-state index in [0.29, 0.717) is 11.8 Å². The fourth-order valence-electron chi connectivity index (χ4n) is 1.86. The molecule has 5 heteroatoms. The van der Waals surface area contributed by atoms with Crippen LogP contribution in [0.2, 0.25) is 0 Å². The first kappa shape index (κ1) is 10.4. The average molecular weight is 211 g/mol. The minimum Gasteiger partial charge on any atom is -0.427 e. The third-order valence-electron chi connectivity index (χ3n) is 2.73. The Balaban J connectivity index is 2.20. The minimum atomic E-state index is -0.464. The van der Waals surface area contributed by atoms with Crippen molar-refractivity contribution in [2.75, 3.05) is 24.6 Å². The van der Waals surface area contributed by atoms with Crippen LogP contribution >= 0.6 is 0 Å². The third kappa shape index (κ3) is 1.98. The Kier molecular flexibility index (Phi) is 2.93. The van der Waals surface area contributed by atoms with Gasteiger partial charge in [0.05, 0.1) is 18.3 Å². The van der Waals surface area contributed by atoms with Crippen LogP contribution < -0.4 is 10.6 Å². The smallest absolute Gasteiger partial charge is 0.297 e. The first-order chi connectivity index (χ1) is 7.22. The maximum atomic E-state index is 8.96. The van der Waals surface area contributed by atoms with Crippen molar-refractivity contribution in [2.45, 2.75) is 25.8 Å². The van der Waals surface area contributed by atoms with Crippen molar-refractivity contribution in [1.82, 2.24) is 4.98 Å². The Labute approximate surface area is 88.9 Å². The van der Waals surface area contributed by atoms with Crippen LogP contribution in [0.25, 0.3) is 0 Å². The lowest BCUT2D eigenvalue weighted by molar-refractivity contribution is 0.251. The molecule has 0 radical (unpaired) electrons. The van der Waals surface area contributed by atoms with Crippen LogP contribution in [-0.2, 0) is 0 Å². The van der Waals surface area contributed by atoms with Gasteiger partial charge < -0.3 is 20.2 Å². The topological polar surface area (TPSA) is 75.5 Å². The summed E-state index contributed by atoms with van der Waals surface area (Å²) in [5.41, 5.74) is 6.48. The van der Waals surface area contributed by atoms with Gasteiger partial charge in [-0.05, 0) is 19.8 Å². The zero-order valence-corrected chi connectivity index (χ0v) is 8.94. The molecule has 0 amide bonds. The van der Waals surface area contributed by atoms with Crippen molar-refractivity contribution in [3.63, 3.8) is 0 Å². The zero-order valence-electron chi connectivity index (χ0n) is 8.94. The summed E-state index contributed by atoms with van der Waals surface area (Å²) in [5.74, 6) is 0.597. The monoisotopic (exact) mass is 211 g/mol. The molecule has 3 N–H and O–H groups in total. The third-order valence-corrected chi connectivity index (χ3v) is 2.73. The predicted octanol–water partition coefficient (Wildman–Crippen LogP) is 0.575. The van der Waals surface area contributed by atoms with E-state index in [0.717, 1.165) is 18.8 Å². The second-order valence-corrected chi connectivity index (χ2v) is 3.93. The van der Waals surface area contributed by atoms with Crippen LogP contribution in [0.5, 0.6) is 0 Å². The van der Waals surface area contributed by atoms with Gasteiger partial charge in [0.1, 0.15) is 5.76 Å². The molecule has 1 fully saturated rings. The van der Waals surface area contributed by atoms with Crippen molar-refractivity contribution in [1.29, 1.82) is 0 Å². The summed E-state index contributed by atoms with van der Waals surface area (Å²) in [6.45, 7) is 3.73. The molecule has 1 unspecified atom stereocenters. The van der Waals surface area contributed by atoms with E-state index in [-0.39, 0.29) is 6.61 Å². The molecule has 1 aliphatic heterocycles. The van der Waals surface area contributed by atoms with Gasteiger partial charge in [-0.3, -0.25) is 0 Å². The van der Waals surface area contributed by atoms with Gasteiger partial charge >= 0.3 is 0 Å². The molecule has 1 aliphatic rings. The number of aliphatic hydroxyl groups is 1. The number of aliphatic hydroxyl groups excluding tert-OH is 1. The minimum absolute atomic E-state index is 0.116. The lowest BCUT2D eigenvalue weighted by atomic mass is 10.2. The Morgan fingerprint density at radius 2 is 2.20 bits per heavy atom.